The Kier molecular flexibility index (Phi) is 2.64. The zero-order valence-corrected chi connectivity index (χ0v) is 9.91. The molecule has 0 aromatic carbocycles. The molecular formula is C13H18O3. The molecule has 0 spiro atoms. The first-order valence-electron chi connectivity index (χ1n) is 6.01. The lowest BCUT2D eigenvalue weighted by molar-refractivity contribution is -0.155. The number of unbranched alkanes of at least 4 members (excludes halogenated alkanes) is 1. The summed E-state index contributed by atoms with van der Waals surface area (Å²) >= 11 is 0. The topological polar surface area (TPSA) is 43.4 Å². The highest BCUT2D eigenvalue weighted by molar-refractivity contribution is 6.03. The summed E-state index contributed by atoms with van der Waals surface area (Å²) in [6.07, 6.45) is 8.19. The molecule has 88 valence electrons. The van der Waals surface area contributed by atoms with Gasteiger partial charge < -0.3 is 4.74 Å². The maximum atomic E-state index is 12.0. The van der Waals surface area contributed by atoms with Gasteiger partial charge in [0.15, 0.2) is 0 Å². The van der Waals surface area contributed by atoms with E-state index in [1.54, 1.807) is 0 Å². The Morgan fingerprint density at radius 1 is 1.38 bits per heavy atom. The van der Waals surface area contributed by atoms with Gasteiger partial charge >= 0.3 is 11.9 Å². The predicted octanol–water partition coefficient (Wildman–Crippen LogP) is 2.60. The van der Waals surface area contributed by atoms with Crippen LogP contribution in [0.1, 0.15) is 46.0 Å². The molecule has 0 amide bonds. The fourth-order valence-corrected chi connectivity index (χ4v) is 2.85. The Morgan fingerprint density at radius 3 is 2.81 bits per heavy atom. The highest BCUT2D eigenvalue weighted by atomic mass is 16.6. The molecule has 1 saturated heterocycles. The van der Waals surface area contributed by atoms with Crippen LogP contribution in [0.2, 0.25) is 0 Å². The second-order valence-electron chi connectivity index (χ2n) is 5.03. The molecule has 1 heterocycles. The molecule has 0 N–H and O–H groups in total. The molecule has 0 saturated carbocycles. The molecule has 2 rings (SSSR count). The van der Waals surface area contributed by atoms with Gasteiger partial charge in [-0.25, -0.2) is 0 Å². The van der Waals surface area contributed by atoms with Crippen molar-refractivity contribution in [1.82, 2.24) is 0 Å². The summed E-state index contributed by atoms with van der Waals surface area (Å²) < 4.78 is 4.88. The van der Waals surface area contributed by atoms with Crippen molar-refractivity contribution in [3.8, 4) is 0 Å². The predicted molar refractivity (Wildman–Crippen MR) is 59.5 cm³/mol. The van der Waals surface area contributed by atoms with E-state index in [4.69, 9.17) is 4.74 Å². The maximum absolute atomic E-state index is 12.0. The number of carbonyl (C=O) groups excluding carboxylic acids is 2. The summed E-state index contributed by atoms with van der Waals surface area (Å²) in [6.45, 7) is 3.96. The van der Waals surface area contributed by atoms with E-state index < -0.39 is 10.8 Å². The molecule has 1 fully saturated rings. The quantitative estimate of drug-likeness (QED) is 0.419. The number of cyclic esters (lactones) is 2. The van der Waals surface area contributed by atoms with Crippen LogP contribution in [0, 0.1) is 10.8 Å². The van der Waals surface area contributed by atoms with Crippen LogP contribution in [0.3, 0.4) is 0 Å². The SMILES string of the molecule is CCCCC12C=CCCC1(C)C(=O)OC2=O. The number of carbonyl (C=O) groups is 2. The van der Waals surface area contributed by atoms with Gasteiger partial charge in [-0.2, -0.15) is 0 Å². The third kappa shape index (κ3) is 1.27. The van der Waals surface area contributed by atoms with Crippen molar-refractivity contribution in [2.24, 2.45) is 10.8 Å². The van der Waals surface area contributed by atoms with Gasteiger partial charge in [0.2, 0.25) is 0 Å². The molecule has 16 heavy (non-hydrogen) atoms. The fraction of sp³-hybridized carbons (Fsp3) is 0.692. The third-order valence-corrected chi connectivity index (χ3v) is 4.12. The fourth-order valence-electron chi connectivity index (χ4n) is 2.85. The minimum Gasteiger partial charge on any atom is -0.392 e. The molecule has 0 bridgehead atoms. The van der Waals surface area contributed by atoms with Crippen LogP contribution in [0.15, 0.2) is 12.2 Å². The van der Waals surface area contributed by atoms with Gasteiger partial charge in [0.25, 0.3) is 0 Å². The van der Waals surface area contributed by atoms with E-state index in [9.17, 15) is 9.59 Å². The van der Waals surface area contributed by atoms with Gasteiger partial charge in [-0.3, -0.25) is 9.59 Å². The van der Waals surface area contributed by atoms with Crippen LogP contribution in [0.25, 0.3) is 0 Å². The first-order valence-corrected chi connectivity index (χ1v) is 6.01. The van der Waals surface area contributed by atoms with E-state index in [0.29, 0.717) is 0 Å². The van der Waals surface area contributed by atoms with E-state index in [0.717, 1.165) is 32.1 Å². The summed E-state index contributed by atoms with van der Waals surface area (Å²) in [5.74, 6) is -0.678. The molecule has 2 atom stereocenters. The summed E-state index contributed by atoms with van der Waals surface area (Å²) in [7, 11) is 0. The van der Waals surface area contributed by atoms with Crippen LogP contribution >= 0.6 is 0 Å². The number of ether oxygens (including phenoxy) is 1. The van der Waals surface area contributed by atoms with Crippen molar-refractivity contribution >= 4 is 11.9 Å². The Bertz CT molecular complexity index is 358. The Hall–Kier alpha value is -1.12. The molecular weight excluding hydrogens is 204 g/mol. The highest BCUT2D eigenvalue weighted by Crippen LogP contribution is 2.55. The van der Waals surface area contributed by atoms with Crippen LogP contribution in [-0.2, 0) is 14.3 Å². The molecule has 2 unspecified atom stereocenters. The van der Waals surface area contributed by atoms with E-state index >= 15 is 0 Å². The Balaban J connectivity index is 2.42. The van der Waals surface area contributed by atoms with Crippen molar-refractivity contribution in [3.05, 3.63) is 12.2 Å². The monoisotopic (exact) mass is 222 g/mol. The van der Waals surface area contributed by atoms with Crippen molar-refractivity contribution in [2.75, 3.05) is 0 Å². The first kappa shape index (κ1) is 11.4. The largest absolute Gasteiger partial charge is 0.392 e. The number of fused-ring (bicyclic) bond motifs is 1. The van der Waals surface area contributed by atoms with E-state index in [2.05, 4.69) is 6.92 Å². The second-order valence-corrected chi connectivity index (χ2v) is 5.03. The standard InChI is InChI=1S/C13H18O3/c1-3-4-8-13-9-6-5-7-12(13,2)10(14)16-11(13)15/h6,9H,3-5,7-8H2,1-2H3. The maximum Gasteiger partial charge on any atom is 0.324 e. The molecule has 1 aliphatic heterocycles. The number of esters is 2. The molecule has 3 heteroatoms. The third-order valence-electron chi connectivity index (χ3n) is 4.12. The lowest BCUT2D eigenvalue weighted by Crippen LogP contribution is -2.43. The van der Waals surface area contributed by atoms with Crippen LogP contribution in [0.5, 0.6) is 0 Å². The van der Waals surface area contributed by atoms with Crippen molar-refractivity contribution in [2.45, 2.75) is 46.0 Å². The zero-order valence-electron chi connectivity index (χ0n) is 9.91. The summed E-state index contributed by atoms with van der Waals surface area (Å²) in [5, 5.41) is 0. The van der Waals surface area contributed by atoms with E-state index in [-0.39, 0.29) is 11.9 Å². The average molecular weight is 222 g/mol. The van der Waals surface area contributed by atoms with Crippen LogP contribution in [0.4, 0.5) is 0 Å². The lowest BCUT2D eigenvalue weighted by Gasteiger charge is -2.37. The normalized spacial score (nSPS) is 37.4. The summed E-state index contributed by atoms with van der Waals surface area (Å²) in [4.78, 5) is 23.8. The second kappa shape index (κ2) is 3.72. The number of hydrogen-bond acceptors (Lipinski definition) is 3. The van der Waals surface area contributed by atoms with Crippen LogP contribution in [-0.4, -0.2) is 11.9 Å². The molecule has 0 radical (unpaired) electrons. The first-order chi connectivity index (χ1) is 7.57. The zero-order chi connectivity index (χ0) is 11.8. The Labute approximate surface area is 95.9 Å². The summed E-state index contributed by atoms with van der Waals surface area (Å²) in [6, 6.07) is 0. The van der Waals surface area contributed by atoms with Crippen molar-refractivity contribution < 1.29 is 14.3 Å². The molecule has 3 nitrogen and oxygen atoms in total. The lowest BCUT2D eigenvalue weighted by atomic mass is 9.59. The average Bonchev–Trinajstić information content (AvgIpc) is 2.46. The number of rotatable bonds is 3. The molecule has 1 aliphatic carbocycles. The van der Waals surface area contributed by atoms with Gasteiger partial charge in [-0.05, 0) is 26.2 Å². The van der Waals surface area contributed by atoms with Gasteiger partial charge in [0.05, 0.1) is 5.41 Å². The number of allylic oxidation sites excluding steroid dienone is 1. The van der Waals surface area contributed by atoms with Gasteiger partial charge in [-0.15, -0.1) is 0 Å². The smallest absolute Gasteiger partial charge is 0.324 e. The molecule has 0 aromatic rings. The van der Waals surface area contributed by atoms with Crippen molar-refractivity contribution in [1.29, 1.82) is 0 Å². The number of hydrogen-bond donors (Lipinski definition) is 0. The van der Waals surface area contributed by atoms with Gasteiger partial charge in [-0.1, -0.05) is 31.9 Å². The molecule has 0 aromatic heterocycles. The molecule has 2 aliphatic rings. The van der Waals surface area contributed by atoms with Gasteiger partial charge in [0, 0.05) is 0 Å². The van der Waals surface area contributed by atoms with E-state index in [1.807, 2.05) is 19.1 Å². The highest BCUT2D eigenvalue weighted by Gasteiger charge is 2.64. The van der Waals surface area contributed by atoms with E-state index in [1.165, 1.54) is 0 Å². The summed E-state index contributed by atoms with van der Waals surface area (Å²) in [5.41, 5.74) is -1.31. The minimum absolute atomic E-state index is 0.335. The minimum atomic E-state index is -0.682. The van der Waals surface area contributed by atoms with Crippen molar-refractivity contribution in [3.63, 3.8) is 0 Å². The van der Waals surface area contributed by atoms with Gasteiger partial charge in [0.1, 0.15) is 5.41 Å². The van der Waals surface area contributed by atoms with Crippen LogP contribution < -0.4 is 0 Å². The Morgan fingerprint density at radius 2 is 2.12 bits per heavy atom.